The molecule has 3 rings (SSSR count). The van der Waals surface area contributed by atoms with Crippen molar-refractivity contribution in [1.29, 1.82) is 0 Å². The molecule has 0 aromatic heterocycles. The van der Waals surface area contributed by atoms with Gasteiger partial charge in [-0.05, 0) is 29.8 Å². The average Bonchev–Trinajstić information content (AvgIpc) is 2.92. The van der Waals surface area contributed by atoms with E-state index < -0.39 is 11.9 Å². The van der Waals surface area contributed by atoms with Gasteiger partial charge in [0.05, 0.1) is 6.61 Å². The van der Waals surface area contributed by atoms with Crippen LogP contribution in [0.2, 0.25) is 0 Å². The van der Waals surface area contributed by atoms with Crippen molar-refractivity contribution in [3.8, 4) is 11.5 Å². The monoisotopic (exact) mass is 502 g/mol. The minimum Gasteiger partial charge on any atom is -0.493 e. The summed E-state index contributed by atoms with van der Waals surface area (Å²) in [6, 6.07) is 28.7. The zero-order chi connectivity index (χ0) is 26.9. The van der Waals surface area contributed by atoms with Crippen LogP contribution in [0, 0.1) is 0 Å². The van der Waals surface area contributed by atoms with Crippen molar-refractivity contribution in [1.82, 2.24) is 0 Å². The van der Waals surface area contributed by atoms with Crippen LogP contribution in [0.25, 0.3) is 0 Å². The Bertz CT molecular complexity index is 1120. The molecular formula is C31H34O6. The van der Waals surface area contributed by atoms with Gasteiger partial charge in [-0.15, -0.1) is 0 Å². The Morgan fingerprint density at radius 2 is 1.27 bits per heavy atom. The van der Waals surface area contributed by atoms with Gasteiger partial charge < -0.3 is 19.3 Å². The van der Waals surface area contributed by atoms with Crippen molar-refractivity contribution in [3.05, 3.63) is 121 Å². The van der Waals surface area contributed by atoms with Gasteiger partial charge in [-0.3, -0.25) is 0 Å². The normalized spacial score (nSPS) is 10.9. The lowest BCUT2D eigenvalue weighted by Crippen LogP contribution is -2.17. The van der Waals surface area contributed by atoms with Crippen LogP contribution in [-0.2, 0) is 19.7 Å². The molecule has 0 heterocycles. The fourth-order valence-corrected chi connectivity index (χ4v) is 3.30. The van der Waals surface area contributed by atoms with Crippen molar-refractivity contribution in [2.24, 2.45) is 0 Å². The summed E-state index contributed by atoms with van der Waals surface area (Å²) in [5.41, 5.74) is 1.11. The van der Waals surface area contributed by atoms with Gasteiger partial charge >= 0.3 is 11.9 Å². The Balaban J connectivity index is 0.000000294. The Labute approximate surface area is 218 Å². The van der Waals surface area contributed by atoms with E-state index in [0.29, 0.717) is 25.2 Å². The Hall–Kier alpha value is -4.32. The quantitative estimate of drug-likeness (QED) is 0.179. The number of para-hydroxylation sites is 2. The lowest BCUT2D eigenvalue weighted by Gasteiger charge is -2.22. The number of hydrogen-bond donors (Lipinski definition) is 1. The molecule has 37 heavy (non-hydrogen) atoms. The molecule has 194 valence electrons. The van der Waals surface area contributed by atoms with Gasteiger partial charge in [0, 0.05) is 23.5 Å². The van der Waals surface area contributed by atoms with Gasteiger partial charge in [0.15, 0.2) is 0 Å². The molecule has 0 unspecified atom stereocenters. The van der Waals surface area contributed by atoms with Crippen LogP contribution in [0.5, 0.6) is 11.5 Å². The first-order valence-electron chi connectivity index (χ1n) is 12.0. The summed E-state index contributed by atoms with van der Waals surface area (Å²) in [6.45, 7) is 8.24. The first-order valence-corrected chi connectivity index (χ1v) is 12.0. The molecule has 1 N–H and O–H groups in total. The number of aliphatic carboxylic acids is 1. The number of allylic oxidation sites excluding steroid dienone is 1. The van der Waals surface area contributed by atoms with E-state index in [-0.39, 0.29) is 12.0 Å². The summed E-state index contributed by atoms with van der Waals surface area (Å²) in [6.07, 6.45) is 3.31. The van der Waals surface area contributed by atoms with E-state index in [4.69, 9.17) is 14.2 Å². The average molecular weight is 503 g/mol. The largest absolute Gasteiger partial charge is 0.493 e. The molecule has 3 aromatic carbocycles. The van der Waals surface area contributed by atoms with Crippen molar-refractivity contribution in [2.75, 3.05) is 19.8 Å². The van der Waals surface area contributed by atoms with Crippen molar-refractivity contribution >= 4 is 11.9 Å². The minimum absolute atomic E-state index is 0.236. The second-order valence-electron chi connectivity index (χ2n) is 8.51. The maximum atomic E-state index is 11.5. The minimum atomic E-state index is -0.898. The molecule has 0 aliphatic carbocycles. The SMILES string of the molecule is C=CC(=O)OCCOc1ccccc1.CC(C)(C=C(CCOc1ccccc1)C(=O)O)c1ccccc1. The summed E-state index contributed by atoms with van der Waals surface area (Å²) in [7, 11) is 0. The van der Waals surface area contributed by atoms with Crippen LogP contribution in [0.1, 0.15) is 25.8 Å². The van der Waals surface area contributed by atoms with Gasteiger partial charge in [0.1, 0.15) is 24.7 Å². The molecule has 0 aliphatic heterocycles. The summed E-state index contributed by atoms with van der Waals surface area (Å²) in [5.74, 6) is 0.189. The van der Waals surface area contributed by atoms with Crippen molar-refractivity contribution < 1.29 is 28.9 Å². The number of esters is 1. The molecule has 0 amide bonds. The predicted molar refractivity (Wildman–Crippen MR) is 145 cm³/mol. The molecule has 6 nitrogen and oxygen atoms in total. The number of hydrogen-bond acceptors (Lipinski definition) is 5. The molecule has 6 heteroatoms. The van der Waals surface area contributed by atoms with Crippen LogP contribution in [0.3, 0.4) is 0 Å². The molecule has 0 bridgehead atoms. The number of carbonyl (C=O) groups is 2. The van der Waals surface area contributed by atoms with E-state index in [1.54, 1.807) is 0 Å². The summed E-state index contributed by atoms with van der Waals surface area (Å²) in [4.78, 5) is 22.2. The van der Waals surface area contributed by atoms with E-state index in [2.05, 4.69) is 6.58 Å². The predicted octanol–water partition coefficient (Wildman–Crippen LogP) is 6.24. The Morgan fingerprint density at radius 1 is 0.784 bits per heavy atom. The molecule has 0 spiro atoms. The zero-order valence-corrected chi connectivity index (χ0v) is 21.3. The Morgan fingerprint density at radius 3 is 1.76 bits per heavy atom. The second-order valence-corrected chi connectivity index (χ2v) is 8.51. The lowest BCUT2D eigenvalue weighted by molar-refractivity contribution is -0.138. The van der Waals surface area contributed by atoms with Gasteiger partial charge in [-0.2, -0.15) is 0 Å². The smallest absolute Gasteiger partial charge is 0.331 e. The molecular weight excluding hydrogens is 468 g/mol. The van der Waals surface area contributed by atoms with Crippen LogP contribution in [0.15, 0.2) is 115 Å². The Kier molecular flexibility index (Phi) is 12.2. The third-order valence-corrected chi connectivity index (χ3v) is 5.22. The van der Waals surface area contributed by atoms with Gasteiger partial charge in [-0.25, -0.2) is 9.59 Å². The first kappa shape index (κ1) is 28.9. The molecule has 0 radical (unpaired) electrons. The summed E-state index contributed by atoms with van der Waals surface area (Å²) in [5, 5.41) is 9.46. The third kappa shape index (κ3) is 11.3. The summed E-state index contributed by atoms with van der Waals surface area (Å²) < 4.78 is 15.6. The molecule has 0 fully saturated rings. The molecule has 0 atom stereocenters. The van der Waals surface area contributed by atoms with Gasteiger partial charge in [0.2, 0.25) is 0 Å². The third-order valence-electron chi connectivity index (χ3n) is 5.22. The van der Waals surface area contributed by atoms with Crippen LogP contribution in [0.4, 0.5) is 0 Å². The number of carboxylic acids is 1. The molecule has 3 aromatic rings. The first-order chi connectivity index (χ1) is 17.8. The number of benzene rings is 3. The highest BCUT2D eigenvalue weighted by Crippen LogP contribution is 2.27. The maximum Gasteiger partial charge on any atom is 0.331 e. The zero-order valence-electron chi connectivity index (χ0n) is 21.3. The number of carboxylic acid groups (broad SMARTS) is 1. The van der Waals surface area contributed by atoms with Crippen molar-refractivity contribution in [3.63, 3.8) is 0 Å². The lowest BCUT2D eigenvalue weighted by atomic mass is 9.82. The molecule has 0 saturated carbocycles. The fraction of sp³-hybridized carbons (Fsp3) is 0.226. The highest BCUT2D eigenvalue weighted by molar-refractivity contribution is 5.86. The highest BCUT2D eigenvalue weighted by atomic mass is 16.6. The van der Waals surface area contributed by atoms with Crippen LogP contribution < -0.4 is 9.47 Å². The van der Waals surface area contributed by atoms with E-state index in [1.807, 2.05) is 111 Å². The van der Waals surface area contributed by atoms with Crippen molar-refractivity contribution in [2.45, 2.75) is 25.7 Å². The number of rotatable bonds is 12. The van der Waals surface area contributed by atoms with E-state index in [1.165, 1.54) is 0 Å². The number of ether oxygens (including phenoxy) is 3. The standard InChI is InChI=1S/C20H22O3.C11H12O3/c1-20(2,17-9-5-3-6-10-17)15-16(19(21)22)13-14-23-18-11-7-4-8-12-18;1-2-11(12)14-9-8-13-10-6-4-3-5-7-10/h3-12,15H,13-14H2,1-2H3,(H,21,22);2-7H,1,8-9H2. The molecule has 0 aliphatic rings. The van der Waals surface area contributed by atoms with Crippen LogP contribution >= 0.6 is 0 Å². The van der Waals surface area contributed by atoms with E-state index in [0.717, 1.165) is 23.1 Å². The number of carbonyl (C=O) groups excluding carboxylic acids is 1. The van der Waals surface area contributed by atoms with E-state index in [9.17, 15) is 14.7 Å². The van der Waals surface area contributed by atoms with Gasteiger partial charge in [-0.1, -0.05) is 93.2 Å². The van der Waals surface area contributed by atoms with Gasteiger partial charge in [0.25, 0.3) is 0 Å². The highest BCUT2D eigenvalue weighted by Gasteiger charge is 2.20. The fourth-order valence-electron chi connectivity index (χ4n) is 3.30. The summed E-state index contributed by atoms with van der Waals surface area (Å²) >= 11 is 0. The second kappa shape index (κ2) is 15.6. The van der Waals surface area contributed by atoms with Crippen LogP contribution in [-0.4, -0.2) is 36.9 Å². The van der Waals surface area contributed by atoms with E-state index >= 15 is 0 Å². The topological polar surface area (TPSA) is 82.1 Å². The maximum absolute atomic E-state index is 11.5. The molecule has 0 saturated heterocycles.